The van der Waals surface area contributed by atoms with E-state index in [2.05, 4.69) is 19.1 Å². The number of quaternary nitrogens is 1. The van der Waals surface area contributed by atoms with Crippen LogP contribution < -0.4 is 5.11 Å². The zero-order chi connectivity index (χ0) is 24.8. The van der Waals surface area contributed by atoms with Gasteiger partial charge in [-0.2, -0.15) is 0 Å². The zero-order valence-electron chi connectivity index (χ0n) is 20.8. The van der Waals surface area contributed by atoms with Crippen molar-refractivity contribution in [2.24, 2.45) is 0 Å². The second kappa shape index (κ2) is 20.7. The predicted molar refractivity (Wildman–Crippen MR) is 129 cm³/mol. The van der Waals surface area contributed by atoms with Crippen molar-refractivity contribution in [3.63, 3.8) is 0 Å². The molecule has 0 aliphatic carbocycles. The molecule has 0 spiro atoms. The molecule has 7 nitrogen and oxygen atoms in total. The highest BCUT2D eigenvalue weighted by Crippen LogP contribution is 2.15. The molecular weight excluding hydrogens is 422 g/mol. The van der Waals surface area contributed by atoms with E-state index >= 15 is 0 Å². The topological polar surface area (TPSA) is 115 Å². The average molecular weight is 470 g/mol. The number of nitrogens with zero attached hydrogens (tertiary/aromatic N) is 1. The lowest BCUT2D eigenvalue weighted by molar-refractivity contribution is -0.926. The van der Waals surface area contributed by atoms with Crippen LogP contribution >= 0.6 is 0 Å². The Hall–Kier alpha value is -1.89. The van der Waals surface area contributed by atoms with Crippen molar-refractivity contribution in [2.45, 2.75) is 110 Å². The molecule has 33 heavy (non-hydrogen) atoms. The predicted octanol–water partition coefficient (Wildman–Crippen LogP) is 4.54. The van der Waals surface area contributed by atoms with Crippen LogP contribution in [-0.4, -0.2) is 58.8 Å². The van der Waals surface area contributed by atoms with Gasteiger partial charge in [0.1, 0.15) is 0 Å². The van der Waals surface area contributed by atoms with Gasteiger partial charge < -0.3 is 24.6 Å². The number of aliphatic carboxylic acids is 3. The van der Waals surface area contributed by atoms with E-state index in [0.717, 1.165) is 12.8 Å². The van der Waals surface area contributed by atoms with Gasteiger partial charge in [0.05, 0.1) is 39.0 Å². The van der Waals surface area contributed by atoms with Crippen LogP contribution in [0.25, 0.3) is 0 Å². The first-order valence-corrected chi connectivity index (χ1v) is 12.9. The monoisotopic (exact) mass is 469 g/mol. The van der Waals surface area contributed by atoms with Gasteiger partial charge in [-0.15, -0.1) is 0 Å². The summed E-state index contributed by atoms with van der Waals surface area (Å²) >= 11 is 0. The van der Waals surface area contributed by atoms with E-state index in [1.165, 1.54) is 64.2 Å². The lowest BCUT2D eigenvalue weighted by Crippen LogP contribution is -2.52. The number of rotatable bonds is 24. The molecule has 0 atom stereocenters. The zero-order valence-corrected chi connectivity index (χ0v) is 20.8. The van der Waals surface area contributed by atoms with Crippen LogP contribution in [0.3, 0.4) is 0 Å². The molecule has 0 aliphatic rings. The molecule has 0 unspecified atom stereocenters. The first-order valence-electron chi connectivity index (χ1n) is 12.9. The van der Waals surface area contributed by atoms with Gasteiger partial charge in [-0.1, -0.05) is 83.3 Å². The fraction of sp³-hybridized carbons (Fsp3) is 0.808. The second-order valence-electron chi connectivity index (χ2n) is 9.23. The molecule has 7 heteroatoms. The van der Waals surface area contributed by atoms with Crippen LogP contribution in [0.4, 0.5) is 0 Å². The Morgan fingerprint density at radius 2 is 1.06 bits per heavy atom. The van der Waals surface area contributed by atoms with E-state index in [9.17, 15) is 19.5 Å². The van der Waals surface area contributed by atoms with Crippen molar-refractivity contribution < 1.29 is 34.2 Å². The quantitative estimate of drug-likeness (QED) is 0.122. The highest BCUT2D eigenvalue weighted by molar-refractivity contribution is 5.67. The molecule has 0 saturated heterocycles. The maximum absolute atomic E-state index is 11.1. The third-order valence-corrected chi connectivity index (χ3v) is 6.30. The summed E-state index contributed by atoms with van der Waals surface area (Å²) < 4.78 is 0.176. The van der Waals surface area contributed by atoms with E-state index in [1.807, 2.05) is 0 Å². The van der Waals surface area contributed by atoms with Crippen molar-refractivity contribution >= 4 is 17.9 Å². The number of allylic oxidation sites excluding steroid dienone is 1. The van der Waals surface area contributed by atoms with Crippen LogP contribution in [0.1, 0.15) is 110 Å². The molecule has 0 bridgehead atoms. The Bertz CT molecular complexity index is 515. The fourth-order valence-electron chi connectivity index (χ4n) is 4.18. The van der Waals surface area contributed by atoms with Gasteiger partial charge in [0.2, 0.25) is 0 Å². The highest BCUT2D eigenvalue weighted by atomic mass is 16.4. The van der Waals surface area contributed by atoms with Gasteiger partial charge in [0.25, 0.3) is 0 Å². The molecule has 0 aromatic rings. The van der Waals surface area contributed by atoms with E-state index in [4.69, 9.17) is 10.2 Å². The molecule has 0 aromatic heterocycles. The maximum atomic E-state index is 11.1. The SMILES string of the molecule is CCCCCCCCCCCCC/C=C/CC[N+](CCC(=O)[O-])(CCC(=O)O)CCC(=O)O. The van der Waals surface area contributed by atoms with E-state index in [1.54, 1.807) is 0 Å². The van der Waals surface area contributed by atoms with Gasteiger partial charge >= 0.3 is 11.9 Å². The Morgan fingerprint density at radius 1 is 0.636 bits per heavy atom. The Kier molecular flexibility index (Phi) is 19.5. The van der Waals surface area contributed by atoms with E-state index in [0.29, 0.717) is 13.0 Å². The van der Waals surface area contributed by atoms with Gasteiger partial charge in [0.15, 0.2) is 0 Å². The smallest absolute Gasteiger partial charge is 0.309 e. The molecule has 0 aromatic carbocycles. The van der Waals surface area contributed by atoms with Crippen LogP contribution in [-0.2, 0) is 14.4 Å². The maximum Gasteiger partial charge on any atom is 0.309 e. The number of carboxylic acids is 3. The van der Waals surface area contributed by atoms with Crippen molar-refractivity contribution in [3.05, 3.63) is 12.2 Å². The van der Waals surface area contributed by atoms with Crippen molar-refractivity contribution in [1.29, 1.82) is 0 Å². The molecule has 2 N–H and O–H groups in total. The first kappa shape index (κ1) is 31.1. The molecular formula is C26H47NO6. The van der Waals surface area contributed by atoms with Gasteiger partial charge in [-0.05, 0) is 12.8 Å². The Labute approximate surface area is 200 Å². The third kappa shape index (κ3) is 20.4. The number of carbonyl (C=O) groups is 3. The molecule has 0 amide bonds. The lowest BCUT2D eigenvalue weighted by atomic mass is 10.1. The van der Waals surface area contributed by atoms with Crippen LogP contribution in [0.2, 0.25) is 0 Å². The normalized spacial score (nSPS) is 11.8. The van der Waals surface area contributed by atoms with Crippen molar-refractivity contribution in [3.8, 4) is 0 Å². The number of hydrogen-bond acceptors (Lipinski definition) is 4. The first-order chi connectivity index (χ1) is 15.8. The lowest BCUT2D eigenvalue weighted by Gasteiger charge is -2.38. The van der Waals surface area contributed by atoms with Crippen LogP contribution in [0, 0.1) is 0 Å². The van der Waals surface area contributed by atoms with Gasteiger partial charge in [0, 0.05) is 18.8 Å². The van der Waals surface area contributed by atoms with Crippen LogP contribution in [0.15, 0.2) is 12.2 Å². The molecule has 192 valence electrons. The number of carbonyl (C=O) groups excluding carboxylic acids is 1. The number of unbranched alkanes of at least 4 members (excludes halogenated alkanes) is 11. The second-order valence-corrected chi connectivity index (χ2v) is 9.23. The summed E-state index contributed by atoms with van der Waals surface area (Å²) in [5.74, 6) is -3.13. The standard InChI is InChI=1S/C26H47NO6/c1-2-3-4-5-6-7-8-9-10-11-12-13-14-15-16-20-27(21-17-24(28)29,22-18-25(30)31)23-19-26(32)33/h14-15H,2-13,16-23H2,1H3,(H2-,28,29,30,31,32,33)/b15-14+. The number of carboxylic acid groups (broad SMARTS) is 3. The highest BCUT2D eigenvalue weighted by Gasteiger charge is 2.28. The number of hydrogen-bond donors (Lipinski definition) is 2. The van der Waals surface area contributed by atoms with Gasteiger partial charge in [-0.3, -0.25) is 9.59 Å². The molecule has 0 rings (SSSR count). The summed E-state index contributed by atoms with van der Waals surface area (Å²) in [6, 6.07) is 0. The van der Waals surface area contributed by atoms with Crippen molar-refractivity contribution in [2.75, 3.05) is 26.2 Å². The van der Waals surface area contributed by atoms with Gasteiger partial charge in [-0.25, -0.2) is 0 Å². The summed E-state index contributed by atoms with van der Waals surface area (Å²) in [7, 11) is 0. The molecule has 0 fully saturated rings. The summed E-state index contributed by atoms with van der Waals surface area (Å²) in [6.45, 7) is 3.41. The van der Waals surface area contributed by atoms with Crippen molar-refractivity contribution in [1.82, 2.24) is 0 Å². The van der Waals surface area contributed by atoms with E-state index < -0.39 is 17.9 Å². The minimum Gasteiger partial charge on any atom is -0.550 e. The minimum absolute atomic E-state index is 0.116. The molecule has 0 heterocycles. The summed E-state index contributed by atoms with van der Waals surface area (Å²) in [6.07, 6.45) is 19.8. The third-order valence-electron chi connectivity index (χ3n) is 6.30. The Morgan fingerprint density at radius 3 is 1.52 bits per heavy atom. The van der Waals surface area contributed by atoms with Crippen LogP contribution in [0.5, 0.6) is 0 Å². The summed E-state index contributed by atoms with van der Waals surface area (Å²) in [4.78, 5) is 33.1. The van der Waals surface area contributed by atoms with E-state index in [-0.39, 0.29) is 43.4 Å². The molecule has 0 saturated carbocycles. The Balaban J connectivity index is 4.23. The molecule has 0 radical (unpaired) electrons. The minimum atomic E-state index is -1.20. The molecule has 0 aliphatic heterocycles. The summed E-state index contributed by atoms with van der Waals surface area (Å²) in [5, 5.41) is 29.1. The average Bonchev–Trinajstić information content (AvgIpc) is 2.76. The largest absolute Gasteiger partial charge is 0.550 e. The fourth-order valence-corrected chi connectivity index (χ4v) is 4.18. The summed E-state index contributed by atoms with van der Waals surface area (Å²) in [5.41, 5.74) is 0.